The van der Waals surface area contributed by atoms with Crippen LogP contribution in [-0.2, 0) is 9.59 Å². The lowest BCUT2D eigenvalue weighted by atomic mass is 10.1. The van der Waals surface area contributed by atoms with Crippen LogP contribution in [0.5, 0.6) is 0 Å². The normalized spacial score (nSPS) is 22.5. The average Bonchev–Trinajstić information content (AvgIpc) is 3.09. The molecule has 1 aliphatic rings. The quantitative estimate of drug-likeness (QED) is 0.762. The third-order valence-electron chi connectivity index (χ3n) is 3.61. The minimum Gasteiger partial charge on any atom is -0.481 e. The van der Waals surface area contributed by atoms with Crippen LogP contribution in [0.1, 0.15) is 35.9 Å². The Morgan fingerprint density at radius 3 is 2.71 bits per heavy atom. The zero-order valence-corrected chi connectivity index (χ0v) is 12.5. The van der Waals surface area contributed by atoms with Crippen molar-refractivity contribution in [3.05, 3.63) is 22.4 Å². The average molecular weight is 310 g/mol. The maximum Gasteiger partial charge on any atom is 0.306 e. The summed E-state index contributed by atoms with van der Waals surface area (Å²) in [5.41, 5.74) is 0. The summed E-state index contributed by atoms with van der Waals surface area (Å²) in [7, 11) is 0. The highest BCUT2D eigenvalue weighted by Gasteiger charge is 2.31. The van der Waals surface area contributed by atoms with E-state index < -0.39 is 12.0 Å². The molecule has 3 atom stereocenters. The molecule has 1 unspecified atom stereocenters. The van der Waals surface area contributed by atoms with Crippen LogP contribution in [0, 0.1) is 5.92 Å². The first-order valence-corrected chi connectivity index (χ1v) is 7.73. The largest absolute Gasteiger partial charge is 0.481 e. The second-order valence-electron chi connectivity index (χ2n) is 5.23. The summed E-state index contributed by atoms with van der Waals surface area (Å²) in [5.74, 6) is -1.75. The Labute approximate surface area is 126 Å². The molecule has 0 spiro atoms. The van der Waals surface area contributed by atoms with E-state index in [-0.39, 0.29) is 23.8 Å². The van der Waals surface area contributed by atoms with Gasteiger partial charge in [-0.3, -0.25) is 14.4 Å². The highest BCUT2D eigenvalue weighted by molar-refractivity contribution is 7.12. The van der Waals surface area contributed by atoms with E-state index in [1.54, 1.807) is 24.4 Å². The Balaban J connectivity index is 1.80. The molecule has 2 amide bonds. The third kappa shape index (κ3) is 4.04. The number of hydrogen-bond acceptors (Lipinski definition) is 4. The molecule has 1 aromatic rings. The van der Waals surface area contributed by atoms with Gasteiger partial charge in [0.1, 0.15) is 6.04 Å². The predicted octanol–water partition coefficient (Wildman–Crippen LogP) is 1.24. The summed E-state index contributed by atoms with van der Waals surface area (Å²) in [6.45, 7) is 1.62. The molecule has 114 valence electrons. The van der Waals surface area contributed by atoms with E-state index in [0.717, 1.165) is 0 Å². The van der Waals surface area contributed by atoms with Crippen molar-refractivity contribution >= 4 is 29.1 Å². The van der Waals surface area contributed by atoms with Crippen LogP contribution in [-0.4, -0.2) is 35.0 Å². The minimum absolute atomic E-state index is 0.125. The SMILES string of the molecule is CC(NC(=O)c1cccs1)C(=O)N[C@@H]1CC[C@H](C(=O)O)C1. The van der Waals surface area contributed by atoms with Crippen molar-refractivity contribution in [2.75, 3.05) is 0 Å². The van der Waals surface area contributed by atoms with Crippen LogP contribution < -0.4 is 10.6 Å². The second kappa shape index (κ2) is 6.71. The molecule has 0 aliphatic heterocycles. The standard InChI is InChI=1S/C14H18N2O4S/c1-8(15-13(18)11-3-2-6-21-11)12(17)16-10-5-4-9(7-10)14(19)20/h2-3,6,8-10H,4-5,7H2,1H3,(H,15,18)(H,16,17)(H,19,20)/t8?,9-,10+/m0/s1. The molecule has 0 bridgehead atoms. The van der Waals surface area contributed by atoms with Crippen LogP contribution in [0.25, 0.3) is 0 Å². The Morgan fingerprint density at radius 2 is 2.14 bits per heavy atom. The van der Waals surface area contributed by atoms with Crippen molar-refractivity contribution in [3.63, 3.8) is 0 Å². The van der Waals surface area contributed by atoms with Crippen molar-refractivity contribution < 1.29 is 19.5 Å². The van der Waals surface area contributed by atoms with Crippen molar-refractivity contribution in [2.45, 2.75) is 38.3 Å². The van der Waals surface area contributed by atoms with E-state index in [9.17, 15) is 14.4 Å². The van der Waals surface area contributed by atoms with Gasteiger partial charge in [-0.15, -0.1) is 11.3 Å². The van der Waals surface area contributed by atoms with Gasteiger partial charge in [0.25, 0.3) is 5.91 Å². The monoisotopic (exact) mass is 310 g/mol. The van der Waals surface area contributed by atoms with Gasteiger partial charge in [-0.2, -0.15) is 0 Å². The number of carbonyl (C=O) groups is 3. The van der Waals surface area contributed by atoms with Crippen LogP contribution in [0.2, 0.25) is 0 Å². The van der Waals surface area contributed by atoms with Gasteiger partial charge in [0.15, 0.2) is 0 Å². The van der Waals surface area contributed by atoms with Crippen molar-refractivity contribution in [1.29, 1.82) is 0 Å². The molecule has 1 fully saturated rings. The summed E-state index contributed by atoms with van der Waals surface area (Å²) in [4.78, 5) is 35.3. The zero-order chi connectivity index (χ0) is 15.4. The highest BCUT2D eigenvalue weighted by atomic mass is 32.1. The predicted molar refractivity (Wildman–Crippen MR) is 78.2 cm³/mol. The zero-order valence-electron chi connectivity index (χ0n) is 11.7. The van der Waals surface area contributed by atoms with Gasteiger partial charge in [0.05, 0.1) is 10.8 Å². The number of nitrogens with one attached hydrogen (secondary N) is 2. The maximum atomic E-state index is 12.0. The number of rotatable bonds is 5. The molecule has 21 heavy (non-hydrogen) atoms. The second-order valence-corrected chi connectivity index (χ2v) is 6.17. The first-order chi connectivity index (χ1) is 9.97. The first-order valence-electron chi connectivity index (χ1n) is 6.85. The molecule has 0 radical (unpaired) electrons. The Hall–Kier alpha value is -1.89. The van der Waals surface area contributed by atoms with Crippen LogP contribution >= 0.6 is 11.3 Å². The Bertz CT molecular complexity index is 529. The number of hydrogen-bond donors (Lipinski definition) is 3. The lowest BCUT2D eigenvalue weighted by Crippen LogP contribution is -2.47. The summed E-state index contributed by atoms with van der Waals surface area (Å²) in [6, 6.07) is 2.69. The molecule has 0 saturated heterocycles. The molecular weight excluding hydrogens is 292 g/mol. The minimum atomic E-state index is -0.814. The van der Waals surface area contributed by atoms with Crippen molar-refractivity contribution in [2.24, 2.45) is 5.92 Å². The lowest BCUT2D eigenvalue weighted by molar-refractivity contribution is -0.141. The van der Waals surface area contributed by atoms with Crippen LogP contribution in [0.15, 0.2) is 17.5 Å². The van der Waals surface area contributed by atoms with Gasteiger partial charge >= 0.3 is 5.97 Å². The fraction of sp³-hybridized carbons (Fsp3) is 0.500. The van der Waals surface area contributed by atoms with E-state index in [0.29, 0.717) is 24.1 Å². The summed E-state index contributed by atoms with van der Waals surface area (Å²) < 4.78 is 0. The summed E-state index contributed by atoms with van der Waals surface area (Å²) in [6.07, 6.45) is 1.69. The van der Waals surface area contributed by atoms with E-state index in [1.807, 2.05) is 0 Å². The fourth-order valence-corrected chi connectivity index (χ4v) is 3.03. The van der Waals surface area contributed by atoms with Gasteiger partial charge in [0, 0.05) is 6.04 Å². The number of amides is 2. The van der Waals surface area contributed by atoms with Gasteiger partial charge in [0.2, 0.25) is 5.91 Å². The molecule has 2 rings (SSSR count). The summed E-state index contributed by atoms with van der Waals surface area (Å²) >= 11 is 1.31. The molecule has 3 N–H and O–H groups in total. The van der Waals surface area contributed by atoms with E-state index >= 15 is 0 Å². The molecular formula is C14H18N2O4S. The molecule has 1 aliphatic carbocycles. The molecule has 1 heterocycles. The fourth-order valence-electron chi connectivity index (χ4n) is 2.40. The van der Waals surface area contributed by atoms with E-state index in [1.165, 1.54) is 11.3 Å². The van der Waals surface area contributed by atoms with E-state index in [2.05, 4.69) is 10.6 Å². The number of thiophene rings is 1. The molecule has 1 saturated carbocycles. The van der Waals surface area contributed by atoms with Crippen molar-refractivity contribution in [3.8, 4) is 0 Å². The van der Waals surface area contributed by atoms with Crippen LogP contribution in [0.4, 0.5) is 0 Å². The number of carboxylic acids is 1. The number of carbonyl (C=O) groups excluding carboxylic acids is 2. The molecule has 6 nitrogen and oxygen atoms in total. The Morgan fingerprint density at radius 1 is 1.38 bits per heavy atom. The van der Waals surface area contributed by atoms with Crippen molar-refractivity contribution in [1.82, 2.24) is 10.6 Å². The van der Waals surface area contributed by atoms with Crippen LogP contribution in [0.3, 0.4) is 0 Å². The molecule has 0 aromatic carbocycles. The van der Waals surface area contributed by atoms with Gasteiger partial charge in [-0.1, -0.05) is 6.07 Å². The lowest BCUT2D eigenvalue weighted by Gasteiger charge is -2.17. The molecule has 7 heteroatoms. The summed E-state index contributed by atoms with van der Waals surface area (Å²) in [5, 5.41) is 16.2. The van der Waals surface area contributed by atoms with Gasteiger partial charge in [-0.25, -0.2) is 0 Å². The topological polar surface area (TPSA) is 95.5 Å². The third-order valence-corrected chi connectivity index (χ3v) is 4.48. The van der Waals surface area contributed by atoms with Gasteiger partial charge in [-0.05, 0) is 37.6 Å². The van der Waals surface area contributed by atoms with E-state index in [4.69, 9.17) is 5.11 Å². The maximum absolute atomic E-state index is 12.0. The Kier molecular flexibility index (Phi) is 4.95. The number of carboxylic acid groups (broad SMARTS) is 1. The highest BCUT2D eigenvalue weighted by Crippen LogP contribution is 2.25. The smallest absolute Gasteiger partial charge is 0.306 e. The first kappa shape index (κ1) is 15.5. The number of aliphatic carboxylic acids is 1. The molecule has 1 aromatic heterocycles. The van der Waals surface area contributed by atoms with Gasteiger partial charge < -0.3 is 15.7 Å².